The van der Waals surface area contributed by atoms with Crippen LogP contribution in [0.5, 0.6) is 11.5 Å². The molecule has 2 N–H and O–H groups in total. The Labute approximate surface area is 162 Å². The highest BCUT2D eigenvalue weighted by Crippen LogP contribution is 2.31. The Morgan fingerprint density at radius 2 is 1.88 bits per heavy atom. The molecule has 6 heteroatoms. The highest BCUT2D eigenvalue weighted by Gasteiger charge is 2.21. The van der Waals surface area contributed by atoms with Crippen LogP contribution in [-0.2, 0) is 0 Å². The number of hydrogen-bond donors (Lipinski definition) is 2. The summed E-state index contributed by atoms with van der Waals surface area (Å²) in [7, 11) is 1.80. The number of rotatable bonds is 8. The lowest BCUT2D eigenvalue weighted by Gasteiger charge is -2.20. The molecule has 1 aromatic rings. The number of nitrogens with zero attached hydrogens (tertiary/aromatic N) is 1. The fourth-order valence-electron chi connectivity index (χ4n) is 2.38. The smallest absolute Gasteiger partial charge is 0.191 e. The third-order valence-corrected chi connectivity index (χ3v) is 3.90. The van der Waals surface area contributed by atoms with Crippen molar-refractivity contribution in [1.82, 2.24) is 10.6 Å². The van der Waals surface area contributed by atoms with Gasteiger partial charge in [-0.25, -0.2) is 0 Å². The number of guanidine groups is 1. The molecule has 0 spiro atoms. The van der Waals surface area contributed by atoms with Crippen LogP contribution in [0.25, 0.3) is 0 Å². The second kappa shape index (κ2) is 10.6. The molecule has 1 saturated carbocycles. The van der Waals surface area contributed by atoms with Gasteiger partial charge in [0.2, 0.25) is 0 Å². The first-order chi connectivity index (χ1) is 11.2. The lowest BCUT2D eigenvalue weighted by Crippen LogP contribution is -2.39. The second-order valence-electron chi connectivity index (χ2n) is 5.83. The molecule has 0 amide bonds. The Hall–Kier alpha value is -1.18. The van der Waals surface area contributed by atoms with Crippen molar-refractivity contribution in [3.8, 4) is 11.5 Å². The molecule has 1 unspecified atom stereocenters. The summed E-state index contributed by atoms with van der Waals surface area (Å²) in [5.41, 5.74) is 1.14. The monoisotopic (exact) mass is 447 g/mol. The van der Waals surface area contributed by atoms with Gasteiger partial charge < -0.3 is 20.1 Å². The fraction of sp³-hybridized carbons (Fsp3) is 0.611. The lowest BCUT2D eigenvalue weighted by atomic mass is 10.1. The highest BCUT2D eigenvalue weighted by molar-refractivity contribution is 14.0. The SMILES string of the molecule is CCOc1ccc(C(C)NC(=NC)NCC2CC2)cc1OCC.I. The zero-order valence-electron chi connectivity index (χ0n) is 15.1. The molecule has 0 heterocycles. The minimum atomic E-state index is 0. The first kappa shape index (κ1) is 20.9. The maximum atomic E-state index is 5.70. The highest BCUT2D eigenvalue weighted by atomic mass is 127. The van der Waals surface area contributed by atoms with Gasteiger partial charge in [-0.3, -0.25) is 4.99 Å². The summed E-state index contributed by atoms with van der Waals surface area (Å²) in [6.45, 7) is 8.33. The molecule has 1 aliphatic rings. The molecular weight excluding hydrogens is 417 g/mol. The molecule has 5 nitrogen and oxygen atoms in total. The molecule has 1 aliphatic carbocycles. The van der Waals surface area contributed by atoms with Crippen LogP contribution in [-0.4, -0.2) is 32.8 Å². The van der Waals surface area contributed by atoms with E-state index in [2.05, 4.69) is 28.6 Å². The van der Waals surface area contributed by atoms with Gasteiger partial charge in [0, 0.05) is 13.6 Å². The van der Waals surface area contributed by atoms with Gasteiger partial charge in [-0.15, -0.1) is 24.0 Å². The third kappa shape index (κ3) is 6.37. The predicted octanol–water partition coefficient (Wildman–Crippen LogP) is 3.74. The first-order valence-electron chi connectivity index (χ1n) is 8.54. The van der Waals surface area contributed by atoms with Gasteiger partial charge in [-0.2, -0.15) is 0 Å². The Kier molecular flexibility index (Phi) is 9.25. The van der Waals surface area contributed by atoms with E-state index in [4.69, 9.17) is 9.47 Å². The number of nitrogens with one attached hydrogen (secondary N) is 2. The average molecular weight is 447 g/mol. The van der Waals surface area contributed by atoms with E-state index >= 15 is 0 Å². The maximum Gasteiger partial charge on any atom is 0.191 e. The molecule has 136 valence electrons. The Balaban J connectivity index is 0.00000288. The summed E-state index contributed by atoms with van der Waals surface area (Å²) in [5.74, 6) is 3.25. The van der Waals surface area contributed by atoms with Crippen molar-refractivity contribution >= 4 is 29.9 Å². The van der Waals surface area contributed by atoms with Crippen LogP contribution in [0.15, 0.2) is 23.2 Å². The number of halogens is 1. The summed E-state index contributed by atoms with van der Waals surface area (Å²) in [4.78, 5) is 4.30. The van der Waals surface area contributed by atoms with Crippen molar-refractivity contribution in [3.05, 3.63) is 23.8 Å². The van der Waals surface area contributed by atoms with E-state index in [1.807, 2.05) is 26.0 Å². The van der Waals surface area contributed by atoms with Crippen molar-refractivity contribution in [2.24, 2.45) is 10.9 Å². The van der Waals surface area contributed by atoms with E-state index in [-0.39, 0.29) is 30.0 Å². The summed E-state index contributed by atoms with van der Waals surface area (Å²) < 4.78 is 11.3. The molecule has 0 saturated heterocycles. The maximum absolute atomic E-state index is 5.70. The largest absolute Gasteiger partial charge is 0.490 e. The molecule has 1 atom stereocenters. The van der Waals surface area contributed by atoms with E-state index in [0.29, 0.717) is 13.2 Å². The van der Waals surface area contributed by atoms with Crippen LogP contribution in [0.3, 0.4) is 0 Å². The van der Waals surface area contributed by atoms with E-state index < -0.39 is 0 Å². The Bertz CT molecular complexity index is 533. The molecule has 0 radical (unpaired) electrons. The minimum absolute atomic E-state index is 0. The third-order valence-electron chi connectivity index (χ3n) is 3.90. The minimum Gasteiger partial charge on any atom is -0.490 e. The van der Waals surface area contributed by atoms with Crippen molar-refractivity contribution in [3.63, 3.8) is 0 Å². The summed E-state index contributed by atoms with van der Waals surface area (Å²) in [6, 6.07) is 6.22. The number of aliphatic imine (C=N–C) groups is 1. The van der Waals surface area contributed by atoms with Gasteiger partial charge in [0.05, 0.1) is 19.3 Å². The van der Waals surface area contributed by atoms with Gasteiger partial charge in [-0.1, -0.05) is 6.07 Å². The zero-order valence-corrected chi connectivity index (χ0v) is 17.4. The predicted molar refractivity (Wildman–Crippen MR) is 110 cm³/mol. The topological polar surface area (TPSA) is 54.9 Å². The molecule has 2 rings (SSSR count). The Morgan fingerprint density at radius 1 is 1.21 bits per heavy atom. The number of hydrogen-bond acceptors (Lipinski definition) is 3. The summed E-state index contributed by atoms with van der Waals surface area (Å²) in [5, 5.41) is 6.82. The van der Waals surface area contributed by atoms with E-state index in [1.165, 1.54) is 12.8 Å². The van der Waals surface area contributed by atoms with E-state index in [0.717, 1.165) is 35.5 Å². The molecule has 0 bridgehead atoms. The standard InChI is InChI=1S/C18H29N3O2.HI/c1-5-22-16-10-9-15(11-17(16)23-6-2)13(3)21-18(19-4)20-12-14-7-8-14;/h9-11,13-14H,5-8,12H2,1-4H3,(H2,19,20,21);1H. The van der Waals surface area contributed by atoms with Crippen molar-refractivity contribution in [2.75, 3.05) is 26.8 Å². The van der Waals surface area contributed by atoms with Gasteiger partial charge >= 0.3 is 0 Å². The molecule has 1 fully saturated rings. The molecule has 0 aliphatic heterocycles. The summed E-state index contributed by atoms with van der Waals surface area (Å²) in [6.07, 6.45) is 2.66. The van der Waals surface area contributed by atoms with Crippen molar-refractivity contribution in [1.29, 1.82) is 0 Å². The van der Waals surface area contributed by atoms with Gasteiger partial charge in [-0.05, 0) is 57.2 Å². The van der Waals surface area contributed by atoms with Crippen molar-refractivity contribution in [2.45, 2.75) is 39.7 Å². The van der Waals surface area contributed by atoms with E-state index in [1.54, 1.807) is 7.05 Å². The van der Waals surface area contributed by atoms with E-state index in [9.17, 15) is 0 Å². The van der Waals surface area contributed by atoms with Gasteiger partial charge in [0.15, 0.2) is 17.5 Å². The first-order valence-corrected chi connectivity index (χ1v) is 8.54. The van der Waals surface area contributed by atoms with Crippen LogP contribution >= 0.6 is 24.0 Å². The van der Waals surface area contributed by atoms with Crippen LogP contribution in [0, 0.1) is 5.92 Å². The van der Waals surface area contributed by atoms with Crippen LogP contribution in [0.1, 0.15) is 45.2 Å². The molecule has 0 aromatic heterocycles. The molecule has 24 heavy (non-hydrogen) atoms. The fourth-order valence-corrected chi connectivity index (χ4v) is 2.38. The van der Waals surface area contributed by atoms with Crippen LogP contribution < -0.4 is 20.1 Å². The normalized spacial score (nSPS) is 15.2. The Morgan fingerprint density at radius 3 is 2.46 bits per heavy atom. The van der Waals surface area contributed by atoms with Gasteiger partial charge in [0.1, 0.15) is 0 Å². The number of ether oxygens (including phenoxy) is 2. The zero-order chi connectivity index (χ0) is 16.7. The number of benzene rings is 1. The molecular formula is C18H30IN3O2. The van der Waals surface area contributed by atoms with Gasteiger partial charge in [0.25, 0.3) is 0 Å². The lowest BCUT2D eigenvalue weighted by molar-refractivity contribution is 0.287. The molecule has 1 aromatic carbocycles. The van der Waals surface area contributed by atoms with Crippen LogP contribution in [0.4, 0.5) is 0 Å². The van der Waals surface area contributed by atoms with Crippen LogP contribution in [0.2, 0.25) is 0 Å². The summed E-state index contributed by atoms with van der Waals surface area (Å²) >= 11 is 0. The van der Waals surface area contributed by atoms with Crippen molar-refractivity contribution < 1.29 is 9.47 Å². The average Bonchev–Trinajstić information content (AvgIpc) is 3.37. The second-order valence-corrected chi connectivity index (χ2v) is 5.83. The quantitative estimate of drug-likeness (QED) is 0.362.